The molecule has 1 amide bonds. The third-order valence-corrected chi connectivity index (χ3v) is 6.11. The summed E-state index contributed by atoms with van der Waals surface area (Å²) in [6.07, 6.45) is 0.619. The summed E-state index contributed by atoms with van der Waals surface area (Å²) in [5.74, 6) is -0.751. The van der Waals surface area contributed by atoms with E-state index >= 15 is 0 Å². The highest BCUT2D eigenvalue weighted by molar-refractivity contribution is 8.14. The molecule has 0 aliphatic heterocycles. The van der Waals surface area contributed by atoms with Gasteiger partial charge in [-0.2, -0.15) is 14.6 Å². The molecule has 0 saturated heterocycles. The van der Waals surface area contributed by atoms with Crippen molar-refractivity contribution in [3.8, 4) is 6.07 Å². The number of ether oxygens (including phenoxy) is 1. The predicted octanol–water partition coefficient (Wildman–Crippen LogP) is 3.74. The summed E-state index contributed by atoms with van der Waals surface area (Å²) in [7, 11) is -4.28. The first-order valence-corrected chi connectivity index (χ1v) is 11.5. The van der Waals surface area contributed by atoms with Gasteiger partial charge in [-0.1, -0.05) is 18.2 Å². The summed E-state index contributed by atoms with van der Waals surface area (Å²) in [6.45, 7) is 3.67. The van der Waals surface area contributed by atoms with E-state index in [0.717, 1.165) is 18.6 Å². The van der Waals surface area contributed by atoms with Gasteiger partial charge in [0.2, 0.25) is 0 Å². The zero-order chi connectivity index (χ0) is 21.8. The number of carbonyl (C=O) groups excluding carboxylic acids is 1. The van der Waals surface area contributed by atoms with Crippen LogP contribution in [0.1, 0.15) is 39.2 Å². The highest BCUT2D eigenvalue weighted by Gasteiger charge is 2.40. The zero-order valence-corrected chi connectivity index (χ0v) is 17.6. The molecule has 0 saturated carbocycles. The molecule has 0 fully saturated rings. The minimum absolute atomic E-state index is 0.131. The number of nitriles is 1. The van der Waals surface area contributed by atoms with Crippen LogP contribution in [0, 0.1) is 17.1 Å². The molecule has 2 atom stereocenters. The van der Waals surface area contributed by atoms with E-state index in [9.17, 15) is 27.6 Å². The molecule has 6 nitrogen and oxygen atoms in total. The van der Waals surface area contributed by atoms with E-state index in [2.05, 4.69) is 5.32 Å². The number of benzene rings is 1. The fourth-order valence-electron chi connectivity index (χ4n) is 2.71. The van der Waals surface area contributed by atoms with Crippen LogP contribution in [0.15, 0.2) is 24.3 Å². The van der Waals surface area contributed by atoms with E-state index in [4.69, 9.17) is 4.74 Å². The lowest BCUT2D eigenvalue weighted by Gasteiger charge is -2.40. The molecule has 0 aliphatic rings. The largest absolute Gasteiger partial charge is 0.444 e. The van der Waals surface area contributed by atoms with Gasteiger partial charge in [-0.05, 0) is 39.7 Å². The molecular weight excluding hydrogens is 390 g/mol. The fraction of sp³-hybridized carbons (Fsp3) is 0.579. The summed E-state index contributed by atoms with van der Waals surface area (Å²) in [4.78, 5) is 12.3. The van der Waals surface area contributed by atoms with Gasteiger partial charge < -0.3 is 14.6 Å². The first-order chi connectivity index (χ1) is 12.6. The van der Waals surface area contributed by atoms with Gasteiger partial charge in [-0.25, -0.2) is 17.8 Å². The second kappa shape index (κ2) is 8.13. The van der Waals surface area contributed by atoms with E-state index in [0.29, 0.717) is 0 Å². The number of nitrogens with one attached hydrogen (secondary N) is 1. The maximum absolute atomic E-state index is 14.4. The number of amides is 1. The van der Waals surface area contributed by atoms with E-state index < -0.39 is 44.3 Å². The molecular formula is C19H28F2N2O4S. The van der Waals surface area contributed by atoms with Crippen molar-refractivity contribution in [2.75, 3.05) is 19.2 Å². The van der Waals surface area contributed by atoms with Crippen LogP contribution in [0.2, 0.25) is 0 Å². The summed E-state index contributed by atoms with van der Waals surface area (Å²) in [5, 5.41) is 10.3. The molecule has 0 aromatic heterocycles. The average molecular weight is 419 g/mol. The molecule has 0 radical (unpaired) electrons. The van der Waals surface area contributed by atoms with Crippen LogP contribution < -0.4 is 5.32 Å². The van der Waals surface area contributed by atoms with Crippen LogP contribution in [0.3, 0.4) is 0 Å². The maximum atomic E-state index is 14.4. The Balaban J connectivity index is 3.32. The van der Waals surface area contributed by atoms with Crippen molar-refractivity contribution in [3.05, 3.63) is 35.6 Å². The zero-order valence-electron chi connectivity index (χ0n) is 16.8. The molecule has 2 N–H and O–H groups in total. The van der Waals surface area contributed by atoms with Crippen molar-refractivity contribution in [1.29, 1.82) is 5.26 Å². The van der Waals surface area contributed by atoms with Crippen molar-refractivity contribution in [3.63, 3.8) is 0 Å². The Hall–Kier alpha value is -2.05. The predicted molar refractivity (Wildman–Crippen MR) is 105 cm³/mol. The summed E-state index contributed by atoms with van der Waals surface area (Å²) < 4.78 is 56.4. The fourth-order valence-corrected chi connectivity index (χ4v) is 3.81. The van der Waals surface area contributed by atoms with Crippen LogP contribution in [0.4, 0.5) is 13.6 Å². The first kappa shape index (κ1) is 24.0. The minimum Gasteiger partial charge on any atom is -0.444 e. The SMILES string of the molecule is CC(C)(C)OC(=O)N[C@@](CF)(CCC(C#N)S(C)(C)(=O)O)c1ccccc1F. The van der Waals surface area contributed by atoms with Crippen LogP contribution in [0.25, 0.3) is 0 Å². The van der Waals surface area contributed by atoms with Crippen LogP contribution in [0.5, 0.6) is 0 Å². The number of hydrogen-bond acceptors (Lipinski definition) is 4. The van der Waals surface area contributed by atoms with Crippen molar-refractivity contribution in [1.82, 2.24) is 5.32 Å². The molecule has 1 aromatic carbocycles. The van der Waals surface area contributed by atoms with E-state index in [1.165, 1.54) is 18.2 Å². The molecule has 0 aliphatic carbocycles. The maximum Gasteiger partial charge on any atom is 0.408 e. The topological polar surface area (TPSA) is 99.4 Å². The van der Waals surface area contributed by atoms with Crippen LogP contribution in [-0.2, 0) is 19.6 Å². The Bertz CT molecular complexity index is 815. The second-order valence-electron chi connectivity index (χ2n) is 8.33. The smallest absolute Gasteiger partial charge is 0.408 e. The van der Waals surface area contributed by atoms with Crippen molar-refractivity contribution in [2.45, 2.75) is 50.0 Å². The molecule has 28 heavy (non-hydrogen) atoms. The number of hydrogen-bond donors (Lipinski definition) is 2. The number of carbonyl (C=O) groups is 1. The minimum atomic E-state index is -4.28. The van der Waals surface area contributed by atoms with Gasteiger partial charge in [-0.15, -0.1) is 0 Å². The van der Waals surface area contributed by atoms with Crippen molar-refractivity contribution in [2.24, 2.45) is 0 Å². The second-order valence-corrected chi connectivity index (χ2v) is 12.6. The third-order valence-electron chi connectivity index (χ3n) is 4.15. The molecule has 1 aromatic rings. The molecule has 1 unspecified atom stereocenters. The average Bonchev–Trinajstić information content (AvgIpc) is 2.51. The van der Waals surface area contributed by atoms with Gasteiger partial charge in [0.1, 0.15) is 23.3 Å². The van der Waals surface area contributed by atoms with Gasteiger partial charge in [0.05, 0.1) is 11.6 Å². The lowest BCUT2D eigenvalue weighted by atomic mass is 9.85. The first-order valence-electron chi connectivity index (χ1n) is 8.68. The van der Waals surface area contributed by atoms with Gasteiger partial charge in [-0.3, -0.25) is 0 Å². The van der Waals surface area contributed by atoms with Crippen LogP contribution >= 0.6 is 0 Å². The Labute approximate surface area is 164 Å². The molecule has 0 heterocycles. The number of rotatable bonds is 7. The Morgan fingerprint density at radius 3 is 2.36 bits per heavy atom. The van der Waals surface area contributed by atoms with E-state index in [1.54, 1.807) is 26.8 Å². The van der Waals surface area contributed by atoms with Gasteiger partial charge >= 0.3 is 6.09 Å². The normalized spacial score (nSPS) is 16.8. The Kier molecular flexibility index (Phi) is 6.97. The van der Waals surface area contributed by atoms with Gasteiger partial charge in [0.15, 0.2) is 0 Å². The number of halogens is 2. The molecule has 0 bridgehead atoms. The summed E-state index contributed by atoms with van der Waals surface area (Å²) in [6, 6.07) is 7.11. The van der Waals surface area contributed by atoms with E-state index in [-0.39, 0.29) is 18.4 Å². The van der Waals surface area contributed by atoms with Crippen molar-refractivity contribution < 1.29 is 27.1 Å². The summed E-state index contributed by atoms with van der Waals surface area (Å²) >= 11 is 0. The van der Waals surface area contributed by atoms with Gasteiger partial charge in [0, 0.05) is 18.1 Å². The summed E-state index contributed by atoms with van der Waals surface area (Å²) in [5.41, 5.74) is -2.85. The molecule has 9 heteroatoms. The number of alkyl carbamates (subject to hydrolysis) is 1. The molecule has 158 valence electrons. The number of alkyl halides is 1. The quantitative estimate of drug-likeness (QED) is 0.703. The standard InChI is InChI=1S/C19H28F2N2O4S/c1-18(2,3)27-17(24)23-19(13-20,15-8-6-7-9-16(15)21)11-10-14(12-22)28(4,5,25)26/h6-9,14H,10-11,13H2,1-5H3,(H,23,24)(H,25,26)/t14?,19-/m1/s1. The lowest BCUT2D eigenvalue weighted by Crippen LogP contribution is -2.51. The van der Waals surface area contributed by atoms with Crippen molar-refractivity contribution >= 4 is 15.4 Å². The van der Waals surface area contributed by atoms with E-state index in [1.807, 2.05) is 0 Å². The third kappa shape index (κ3) is 6.53. The highest BCUT2D eigenvalue weighted by atomic mass is 32.3. The molecule has 1 rings (SSSR count). The molecule has 0 spiro atoms. The number of nitrogens with zero attached hydrogens (tertiary/aromatic N) is 1. The van der Waals surface area contributed by atoms with Crippen LogP contribution in [-0.4, -0.2) is 44.9 Å². The highest BCUT2D eigenvalue weighted by Crippen LogP contribution is 2.34. The van der Waals surface area contributed by atoms with Gasteiger partial charge in [0.25, 0.3) is 0 Å². The monoisotopic (exact) mass is 418 g/mol. The Morgan fingerprint density at radius 2 is 1.93 bits per heavy atom. The lowest BCUT2D eigenvalue weighted by molar-refractivity contribution is 0.0417. The Morgan fingerprint density at radius 1 is 1.36 bits per heavy atom.